The first kappa shape index (κ1) is 21.8. The van der Waals surface area contributed by atoms with Crippen LogP contribution in [0.15, 0.2) is 47.3 Å². The second-order valence-corrected chi connectivity index (χ2v) is 7.92. The predicted octanol–water partition coefficient (Wildman–Crippen LogP) is 4.48. The zero-order valence-electron chi connectivity index (χ0n) is 16.9. The Morgan fingerprint density at radius 3 is 2.47 bits per heavy atom. The summed E-state index contributed by atoms with van der Waals surface area (Å²) in [6.07, 6.45) is -4.72. The molecule has 1 amide bonds. The van der Waals surface area contributed by atoms with Crippen molar-refractivity contribution in [1.29, 1.82) is 0 Å². The largest absolute Gasteiger partial charge is 0.418 e. The molecule has 0 radical (unpaired) electrons. The molecule has 0 bridgehead atoms. The van der Waals surface area contributed by atoms with E-state index in [1.165, 1.54) is 10.6 Å². The minimum absolute atomic E-state index is 0.0161. The number of nitrogens with zero attached hydrogens (tertiary/aromatic N) is 4. The van der Waals surface area contributed by atoms with E-state index >= 15 is 0 Å². The third kappa shape index (κ3) is 3.81. The Morgan fingerprint density at radius 2 is 1.81 bits per heavy atom. The maximum Gasteiger partial charge on any atom is 0.418 e. The summed E-state index contributed by atoms with van der Waals surface area (Å²) in [5.74, 6) is -0.239. The summed E-state index contributed by atoms with van der Waals surface area (Å²) in [6, 6.07) is 9.91. The number of rotatable bonds is 4. The van der Waals surface area contributed by atoms with Gasteiger partial charge >= 0.3 is 6.18 Å². The number of benzene rings is 2. The van der Waals surface area contributed by atoms with Crippen LogP contribution in [-0.4, -0.2) is 25.1 Å². The number of aromatic nitrogens is 4. The highest BCUT2D eigenvalue weighted by atomic mass is 35.5. The SMILES string of the molecule is CC(C)c1nnc2c(=O)n(CC(=O)Nc3ccc(Cl)cc3C(F)(F)F)c3ccccc3n12. The Labute approximate surface area is 184 Å². The van der Waals surface area contributed by atoms with Crippen molar-refractivity contribution in [2.75, 3.05) is 5.32 Å². The standard InChI is InChI=1S/C21H17ClF3N5O2/c1-11(2)18-27-28-19-20(32)29(15-5-3-4-6-16(15)30(18)19)10-17(31)26-14-8-7-12(22)9-13(14)21(23,24)25/h3-9,11H,10H2,1-2H3,(H,26,31). The van der Waals surface area contributed by atoms with Gasteiger partial charge in [0, 0.05) is 10.9 Å². The fraction of sp³-hybridized carbons (Fsp3) is 0.238. The van der Waals surface area contributed by atoms with Gasteiger partial charge in [-0.15, -0.1) is 10.2 Å². The zero-order valence-corrected chi connectivity index (χ0v) is 17.7. The number of para-hydroxylation sites is 2. The van der Waals surface area contributed by atoms with E-state index in [9.17, 15) is 22.8 Å². The second-order valence-electron chi connectivity index (χ2n) is 7.49. The molecule has 0 spiro atoms. The number of amides is 1. The number of anilines is 1. The van der Waals surface area contributed by atoms with E-state index in [0.717, 1.165) is 12.1 Å². The van der Waals surface area contributed by atoms with E-state index < -0.39 is 35.4 Å². The summed E-state index contributed by atoms with van der Waals surface area (Å²) in [5, 5.41) is 10.2. The van der Waals surface area contributed by atoms with Gasteiger partial charge in [0.2, 0.25) is 11.6 Å². The van der Waals surface area contributed by atoms with Crippen LogP contribution in [-0.2, 0) is 17.5 Å². The van der Waals surface area contributed by atoms with Crippen LogP contribution in [0.3, 0.4) is 0 Å². The molecule has 0 aliphatic heterocycles. The van der Waals surface area contributed by atoms with Crippen molar-refractivity contribution in [3.8, 4) is 0 Å². The number of hydrogen-bond donors (Lipinski definition) is 1. The van der Waals surface area contributed by atoms with Crippen molar-refractivity contribution >= 4 is 39.9 Å². The van der Waals surface area contributed by atoms with E-state index in [2.05, 4.69) is 15.5 Å². The van der Waals surface area contributed by atoms with Gasteiger partial charge in [0.05, 0.1) is 22.3 Å². The number of carbonyl (C=O) groups is 1. The molecular formula is C21H17ClF3N5O2. The van der Waals surface area contributed by atoms with E-state index in [1.54, 1.807) is 28.7 Å². The van der Waals surface area contributed by atoms with Gasteiger partial charge in [-0.25, -0.2) is 0 Å². The van der Waals surface area contributed by atoms with Crippen LogP contribution in [0.4, 0.5) is 18.9 Å². The molecule has 2 heterocycles. The molecule has 166 valence electrons. The topological polar surface area (TPSA) is 81.3 Å². The number of halogens is 4. The molecule has 0 aliphatic carbocycles. The fourth-order valence-electron chi connectivity index (χ4n) is 3.51. The Kier molecular flexibility index (Phi) is 5.41. The molecule has 1 N–H and O–H groups in total. The van der Waals surface area contributed by atoms with Gasteiger partial charge in [-0.3, -0.25) is 18.6 Å². The molecule has 11 heteroatoms. The number of nitrogens with one attached hydrogen (secondary N) is 1. The second kappa shape index (κ2) is 7.94. The maximum absolute atomic E-state index is 13.3. The van der Waals surface area contributed by atoms with Crippen LogP contribution >= 0.6 is 11.6 Å². The molecule has 2 aromatic heterocycles. The van der Waals surface area contributed by atoms with Crippen LogP contribution < -0.4 is 10.9 Å². The molecule has 0 fully saturated rings. The highest BCUT2D eigenvalue weighted by Crippen LogP contribution is 2.36. The van der Waals surface area contributed by atoms with Crippen molar-refractivity contribution < 1.29 is 18.0 Å². The average molecular weight is 464 g/mol. The minimum Gasteiger partial charge on any atom is -0.324 e. The highest BCUT2D eigenvalue weighted by Gasteiger charge is 2.34. The van der Waals surface area contributed by atoms with E-state index in [4.69, 9.17) is 11.6 Å². The normalized spacial score (nSPS) is 12.1. The van der Waals surface area contributed by atoms with Gasteiger partial charge in [0.25, 0.3) is 5.56 Å². The smallest absolute Gasteiger partial charge is 0.324 e. The summed E-state index contributed by atoms with van der Waals surface area (Å²) in [7, 11) is 0. The Morgan fingerprint density at radius 1 is 1.12 bits per heavy atom. The number of fused-ring (bicyclic) bond motifs is 3. The van der Waals surface area contributed by atoms with Crippen molar-refractivity contribution in [2.45, 2.75) is 32.5 Å². The Bertz CT molecular complexity index is 1410. The third-order valence-electron chi connectivity index (χ3n) is 4.92. The van der Waals surface area contributed by atoms with Crippen molar-refractivity contribution in [2.24, 2.45) is 0 Å². The number of hydrogen-bond acceptors (Lipinski definition) is 4. The summed E-state index contributed by atoms with van der Waals surface area (Å²) in [6.45, 7) is 3.31. The maximum atomic E-state index is 13.3. The van der Waals surface area contributed by atoms with Crippen molar-refractivity contribution in [3.05, 3.63) is 69.2 Å². The minimum atomic E-state index is -4.72. The van der Waals surface area contributed by atoms with E-state index in [-0.39, 0.29) is 16.6 Å². The molecule has 2 aromatic carbocycles. The van der Waals surface area contributed by atoms with Gasteiger partial charge in [-0.1, -0.05) is 37.6 Å². The van der Waals surface area contributed by atoms with Gasteiger partial charge in [0.15, 0.2) is 0 Å². The lowest BCUT2D eigenvalue weighted by Gasteiger charge is -2.16. The zero-order chi connectivity index (χ0) is 23.2. The average Bonchev–Trinajstić information content (AvgIpc) is 3.17. The molecule has 0 saturated heterocycles. The van der Waals surface area contributed by atoms with Gasteiger partial charge in [-0.05, 0) is 30.3 Å². The van der Waals surface area contributed by atoms with Crippen LogP contribution in [0.25, 0.3) is 16.7 Å². The molecule has 0 saturated carbocycles. The van der Waals surface area contributed by atoms with Gasteiger partial charge in [-0.2, -0.15) is 13.2 Å². The summed E-state index contributed by atoms with van der Waals surface area (Å²) in [5.41, 5.74) is -1.05. The monoisotopic (exact) mass is 463 g/mol. The third-order valence-corrected chi connectivity index (χ3v) is 5.15. The molecule has 4 rings (SSSR count). The van der Waals surface area contributed by atoms with Crippen LogP contribution in [0, 0.1) is 0 Å². The summed E-state index contributed by atoms with van der Waals surface area (Å²) >= 11 is 5.68. The quantitative estimate of drug-likeness (QED) is 0.484. The first-order chi connectivity index (χ1) is 15.1. The first-order valence-corrected chi connectivity index (χ1v) is 9.99. The van der Waals surface area contributed by atoms with Crippen LogP contribution in [0.1, 0.15) is 31.2 Å². The lowest BCUT2D eigenvalue weighted by atomic mass is 10.1. The molecule has 7 nitrogen and oxygen atoms in total. The Hall–Kier alpha value is -3.40. The molecule has 4 aromatic rings. The molecule has 32 heavy (non-hydrogen) atoms. The van der Waals surface area contributed by atoms with Crippen molar-refractivity contribution in [3.63, 3.8) is 0 Å². The van der Waals surface area contributed by atoms with E-state index in [1.807, 2.05) is 13.8 Å². The fourth-order valence-corrected chi connectivity index (χ4v) is 3.68. The molecule has 0 atom stereocenters. The van der Waals surface area contributed by atoms with Crippen LogP contribution in [0.2, 0.25) is 5.02 Å². The lowest BCUT2D eigenvalue weighted by Crippen LogP contribution is -2.30. The number of carbonyl (C=O) groups excluding carboxylic acids is 1. The molecular weight excluding hydrogens is 447 g/mol. The lowest BCUT2D eigenvalue weighted by molar-refractivity contribution is -0.137. The summed E-state index contributed by atoms with van der Waals surface area (Å²) < 4.78 is 42.8. The molecule has 0 aliphatic rings. The van der Waals surface area contributed by atoms with Crippen molar-refractivity contribution in [1.82, 2.24) is 19.2 Å². The molecule has 0 unspecified atom stereocenters. The number of alkyl halides is 3. The van der Waals surface area contributed by atoms with Gasteiger partial charge < -0.3 is 5.32 Å². The Balaban J connectivity index is 1.78. The van der Waals surface area contributed by atoms with Gasteiger partial charge in [0.1, 0.15) is 12.4 Å². The predicted molar refractivity (Wildman–Crippen MR) is 114 cm³/mol. The van der Waals surface area contributed by atoms with Crippen LogP contribution in [0.5, 0.6) is 0 Å². The highest BCUT2D eigenvalue weighted by molar-refractivity contribution is 6.30. The summed E-state index contributed by atoms with van der Waals surface area (Å²) in [4.78, 5) is 25.8. The first-order valence-electron chi connectivity index (χ1n) is 9.61. The van der Waals surface area contributed by atoms with E-state index in [0.29, 0.717) is 16.9 Å².